The Hall–Kier alpha value is -1.03. The molecule has 1 unspecified atom stereocenters. The molecule has 2 rings (SSSR count). The minimum absolute atomic E-state index is 0.0376. The molecule has 18 heavy (non-hydrogen) atoms. The lowest BCUT2D eigenvalue weighted by atomic mass is 10.1. The third-order valence-electron chi connectivity index (χ3n) is 2.86. The van der Waals surface area contributed by atoms with Gasteiger partial charge in [0.05, 0.1) is 10.9 Å². The number of nitrogens with two attached hydrogens (primary N) is 1. The number of hydrogen-bond acceptors (Lipinski definition) is 3. The number of halogens is 1. The van der Waals surface area contributed by atoms with Crippen LogP contribution < -0.4 is 10.6 Å². The van der Waals surface area contributed by atoms with Crippen LogP contribution in [0.15, 0.2) is 36.4 Å². The Morgan fingerprint density at radius 2 is 2.00 bits per heavy atom. The number of hydrogen-bond donors (Lipinski definition) is 1. The first-order valence-electron chi connectivity index (χ1n) is 5.88. The van der Waals surface area contributed by atoms with Crippen molar-refractivity contribution in [2.24, 2.45) is 5.73 Å². The Bertz CT molecular complexity index is 522. The predicted molar refractivity (Wildman–Crippen MR) is 80.5 cm³/mol. The monoisotopic (exact) mass is 280 g/mol. The van der Waals surface area contributed by atoms with Crippen molar-refractivity contribution in [2.45, 2.75) is 19.5 Å². The quantitative estimate of drug-likeness (QED) is 0.915. The number of nitrogens with zero attached hydrogens (tertiary/aromatic N) is 1. The number of anilines is 1. The SMILES string of the molecule is CC(N)c1ccccc1N(C)Cc1ccc(Cl)s1. The molecule has 2 N–H and O–H groups in total. The zero-order valence-electron chi connectivity index (χ0n) is 10.6. The average molecular weight is 281 g/mol. The van der Waals surface area contributed by atoms with E-state index in [-0.39, 0.29) is 6.04 Å². The van der Waals surface area contributed by atoms with Crippen molar-refractivity contribution in [1.82, 2.24) is 0 Å². The van der Waals surface area contributed by atoms with Crippen molar-refractivity contribution in [1.29, 1.82) is 0 Å². The number of para-hydroxylation sites is 1. The molecule has 0 aliphatic heterocycles. The van der Waals surface area contributed by atoms with Gasteiger partial charge in [0.25, 0.3) is 0 Å². The van der Waals surface area contributed by atoms with E-state index in [0.717, 1.165) is 10.9 Å². The van der Waals surface area contributed by atoms with Crippen molar-refractivity contribution in [3.63, 3.8) is 0 Å². The first-order chi connectivity index (χ1) is 8.58. The lowest BCUT2D eigenvalue weighted by Gasteiger charge is -2.23. The molecule has 2 aromatic rings. The maximum absolute atomic E-state index is 6.00. The van der Waals surface area contributed by atoms with Crippen molar-refractivity contribution >= 4 is 28.6 Å². The van der Waals surface area contributed by atoms with Crippen LogP contribution in [-0.2, 0) is 6.54 Å². The second-order valence-electron chi connectivity index (χ2n) is 4.41. The van der Waals surface area contributed by atoms with Crippen LogP contribution in [-0.4, -0.2) is 7.05 Å². The van der Waals surface area contributed by atoms with E-state index in [4.69, 9.17) is 17.3 Å². The maximum atomic E-state index is 6.00. The van der Waals surface area contributed by atoms with Crippen molar-refractivity contribution in [3.8, 4) is 0 Å². The van der Waals surface area contributed by atoms with Gasteiger partial charge in [0.2, 0.25) is 0 Å². The van der Waals surface area contributed by atoms with E-state index < -0.39 is 0 Å². The summed E-state index contributed by atoms with van der Waals surface area (Å²) >= 11 is 7.57. The predicted octanol–water partition coefficient (Wildman–Crippen LogP) is 4.06. The van der Waals surface area contributed by atoms with Gasteiger partial charge in [-0.2, -0.15) is 0 Å². The molecule has 0 radical (unpaired) electrons. The highest BCUT2D eigenvalue weighted by atomic mass is 35.5. The fourth-order valence-electron chi connectivity index (χ4n) is 1.98. The molecule has 0 amide bonds. The van der Waals surface area contributed by atoms with Gasteiger partial charge in [-0.15, -0.1) is 11.3 Å². The van der Waals surface area contributed by atoms with E-state index in [1.54, 1.807) is 11.3 Å². The summed E-state index contributed by atoms with van der Waals surface area (Å²) in [6.07, 6.45) is 0. The minimum Gasteiger partial charge on any atom is -0.369 e. The number of rotatable bonds is 4. The highest BCUT2D eigenvalue weighted by molar-refractivity contribution is 7.16. The van der Waals surface area contributed by atoms with Gasteiger partial charge in [0.1, 0.15) is 0 Å². The molecule has 0 spiro atoms. The zero-order chi connectivity index (χ0) is 13.1. The molecular formula is C14H17ClN2S. The Balaban J connectivity index is 2.20. The molecule has 0 aliphatic rings. The molecule has 2 nitrogen and oxygen atoms in total. The average Bonchev–Trinajstić information content (AvgIpc) is 2.74. The van der Waals surface area contributed by atoms with E-state index in [1.807, 2.05) is 25.1 Å². The summed E-state index contributed by atoms with van der Waals surface area (Å²) in [7, 11) is 2.08. The second kappa shape index (κ2) is 5.74. The van der Waals surface area contributed by atoms with Gasteiger partial charge in [-0.25, -0.2) is 0 Å². The van der Waals surface area contributed by atoms with Gasteiger partial charge in [-0.1, -0.05) is 29.8 Å². The summed E-state index contributed by atoms with van der Waals surface area (Å²) in [6, 6.07) is 12.3. The molecule has 0 saturated heterocycles. The van der Waals surface area contributed by atoms with Crippen LogP contribution in [0.5, 0.6) is 0 Å². The molecule has 1 aromatic heterocycles. The molecule has 0 fully saturated rings. The van der Waals surface area contributed by atoms with Gasteiger partial charge in [-0.3, -0.25) is 0 Å². The van der Waals surface area contributed by atoms with Crippen LogP contribution in [0.25, 0.3) is 0 Å². The lowest BCUT2D eigenvalue weighted by molar-refractivity contribution is 0.803. The second-order valence-corrected chi connectivity index (χ2v) is 6.21. The molecule has 0 bridgehead atoms. The Morgan fingerprint density at radius 3 is 2.61 bits per heavy atom. The number of benzene rings is 1. The molecule has 1 aromatic carbocycles. The smallest absolute Gasteiger partial charge is 0.0931 e. The third-order valence-corrected chi connectivity index (χ3v) is 4.08. The zero-order valence-corrected chi connectivity index (χ0v) is 12.1. The first kappa shape index (κ1) is 13.4. The topological polar surface area (TPSA) is 29.3 Å². The molecule has 4 heteroatoms. The largest absolute Gasteiger partial charge is 0.369 e. The van der Waals surface area contributed by atoms with Gasteiger partial charge in [-0.05, 0) is 30.7 Å². The van der Waals surface area contributed by atoms with E-state index in [9.17, 15) is 0 Å². The minimum atomic E-state index is 0.0376. The summed E-state index contributed by atoms with van der Waals surface area (Å²) in [5.74, 6) is 0. The lowest BCUT2D eigenvalue weighted by Crippen LogP contribution is -2.19. The van der Waals surface area contributed by atoms with E-state index in [1.165, 1.54) is 16.1 Å². The summed E-state index contributed by atoms with van der Waals surface area (Å²) in [5, 5.41) is 0. The van der Waals surface area contributed by atoms with Gasteiger partial charge >= 0.3 is 0 Å². The van der Waals surface area contributed by atoms with Crippen molar-refractivity contribution in [2.75, 3.05) is 11.9 Å². The van der Waals surface area contributed by atoms with Crippen LogP contribution in [0.3, 0.4) is 0 Å². The summed E-state index contributed by atoms with van der Waals surface area (Å²) in [5.41, 5.74) is 8.35. The van der Waals surface area contributed by atoms with Crippen molar-refractivity contribution in [3.05, 3.63) is 51.2 Å². The highest BCUT2D eigenvalue weighted by Gasteiger charge is 2.11. The summed E-state index contributed by atoms with van der Waals surface area (Å²) in [4.78, 5) is 3.46. The Morgan fingerprint density at radius 1 is 1.28 bits per heavy atom. The van der Waals surface area contributed by atoms with Crippen LogP contribution >= 0.6 is 22.9 Å². The van der Waals surface area contributed by atoms with Crippen LogP contribution in [0, 0.1) is 0 Å². The van der Waals surface area contributed by atoms with Crippen LogP contribution in [0.1, 0.15) is 23.4 Å². The molecule has 0 saturated carbocycles. The van der Waals surface area contributed by atoms with Crippen molar-refractivity contribution < 1.29 is 0 Å². The normalized spacial score (nSPS) is 12.4. The van der Waals surface area contributed by atoms with Gasteiger partial charge in [0.15, 0.2) is 0 Å². The first-order valence-corrected chi connectivity index (χ1v) is 7.07. The summed E-state index contributed by atoms with van der Waals surface area (Å²) in [6.45, 7) is 2.86. The van der Waals surface area contributed by atoms with E-state index in [2.05, 4.69) is 30.1 Å². The number of thiophene rings is 1. The van der Waals surface area contributed by atoms with Gasteiger partial charge in [0, 0.05) is 23.7 Å². The molecule has 1 atom stereocenters. The van der Waals surface area contributed by atoms with Crippen LogP contribution in [0.4, 0.5) is 5.69 Å². The molecule has 1 heterocycles. The standard InChI is InChI=1S/C14H17ClN2S/c1-10(16)12-5-3-4-6-13(12)17(2)9-11-7-8-14(15)18-11/h3-8,10H,9,16H2,1-2H3. The van der Waals surface area contributed by atoms with Gasteiger partial charge < -0.3 is 10.6 Å². The highest BCUT2D eigenvalue weighted by Crippen LogP contribution is 2.28. The molecule has 96 valence electrons. The Kier molecular flexibility index (Phi) is 4.27. The maximum Gasteiger partial charge on any atom is 0.0931 e. The van der Waals surface area contributed by atoms with Crippen LogP contribution in [0.2, 0.25) is 4.34 Å². The van der Waals surface area contributed by atoms with E-state index in [0.29, 0.717) is 0 Å². The fourth-order valence-corrected chi connectivity index (χ4v) is 3.12. The van der Waals surface area contributed by atoms with E-state index >= 15 is 0 Å². The molecule has 0 aliphatic carbocycles. The third kappa shape index (κ3) is 3.05. The fraction of sp³-hybridized carbons (Fsp3) is 0.286. The molecular weight excluding hydrogens is 264 g/mol. The Labute approximate surface area is 117 Å². The summed E-state index contributed by atoms with van der Waals surface area (Å²) < 4.78 is 0.832.